The van der Waals surface area contributed by atoms with Crippen LogP contribution in [0.15, 0.2) is 0 Å². The van der Waals surface area contributed by atoms with E-state index in [-0.39, 0.29) is 11.8 Å². The van der Waals surface area contributed by atoms with Crippen LogP contribution in [0.1, 0.15) is 52.4 Å². The van der Waals surface area contributed by atoms with Gasteiger partial charge >= 0.3 is 0 Å². The van der Waals surface area contributed by atoms with E-state index in [0.717, 1.165) is 13.1 Å². The minimum atomic E-state index is 0.232. The highest BCUT2D eigenvalue weighted by Crippen LogP contribution is 2.18. The topological polar surface area (TPSA) is 47.1 Å². The van der Waals surface area contributed by atoms with Gasteiger partial charge in [0.2, 0.25) is 11.8 Å². The zero-order valence-electron chi connectivity index (χ0n) is 16.7. The number of likely N-dealkylation sites (tertiary alicyclic amines) is 2. The monoisotopic (exact) mass is 364 g/mol. The molecule has 3 fully saturated rings. The molecular formula is C20H36N4O2. The quantitative estimate of drug-likeness (QED) is 0.757. The van der Waals surface area contributed by atoms with Crippen molar-refractivity contribution in [3.05, 3.63) is 0 Å². The molecule has 26 heavy (non-hydrogen) atoms. The molecule has 0 saturated carbocycles. The van der Waals surface area contributed by atoms with Crippen LogP contribution in [-0.2, 0) is 9.59 Å². The first-order valence-corrected chi connectivity index (χ1v) is 10.6. The fourth-order valence-corrected chi connectivity index (χ4v) is 4.54. The zero-order valence-corrected chi connectivity index (χ0v) is 16.7. The van der Waals surface area contributed by atoms with Crippen LogP contribution in [0.5, 0.6) is 0 Å². The van der Waals surface area contributed by atoms with Gasteiger partial charge in [0, 0.05) is 38.3 Å². The number of carbonyl (C=O) groups is 2. The van der Waals surface area contributed by atoms with Crippen molar-refractivity contribution in [1.29, 1.82) is 0 Å². The molecule has 3 rings (SSSR count). The average molecular weight is 365 g/mol. The van der Waals surface area contributed by atoms with Gasteiger partial charge in [0.15, 0.2) is 0 Å². The Morgan fingerprint density at radius 3 is 1.38 bits per heavy atom. The maximum atomic E-state index is 12.6. The number of piperazine rings is 1. The lowest BCUT2D eigenvalue weighted by atomic mass is 10.0. The lowest BCUT2D eigenvalue weighted by Gasteiger charge is -2.39. The molecule has 0 aromatic heterocycles. The molecule has 148 valence electrons. The molecule has 3 saturated heterocycles. The molecule has 2 atom stereocenters. The van der Waals surface area contributed by atoms with Gasteiger partial charge < -0.3 is 9.80 Å². The molecule has 0 N–H and O–H groups in total. The van der Waals surface area contributed by atoms with Crippen molar-refractivity contribution in [3.63, 3.8) is 0 Å². The van der Waals surface area contributed by atoms with Crippen molar-refractivity contribution >= 4 is 11.8 Å². The number of rotatable bonds is 4. The second-order valence-corrected chi connectivity index (χ2v) is 8.39. The Labute approximate surface area is 158 Å². The van der Waals surface area contributed by atoms with Crippen LogP contribution in [0.2, 0.25) is 0 Å². The number of carbonyl (C=O) groups excluding carboxylic acids is 2. The van der Waals surface area contributed by atoms with Crippen molar-refractivity contribution in [2.45, 2.75) is 64.5 Å². The first kappa shape index (κ1) is 19.6. The Balaban J connectivity index is 1.41. The summed E-state index contributed by atoms with van der Waals surface area (Å²) >= 11 is 0. The average Bonchev–Trinajstić information content (AvgIpc) is 2.65. The van der Waals surface area contributed by atoms with Gasteiger partial charge in [0.1, 0.15) is 0 Å². The van der Waals surface area contributed by atoms with Crippen LogP contribution in [0, 0.1) is 0 Å². The first-order valence-electron chi connectivity index (χ1n) is 10.6. The molecule has 0 unspecified atom stereocenters. The van der Waals surface area contributed by atoms with Gasteiger partial charge in [0.05, 0.1) is 13.1 Å². The molecule has 3 heterocycles. The van der Waals surface area contributed by atoms with Crippen LogP contribution in [-0.4, -0.2) is 95.9 Å². The highest BCUT2D eigenvalue weighted by molar-refractivity contribution is 5.80. The van der Waals surface area contributed by atoms with E-state index in [2.05, 4.69) is 23.6 Å². The summed E-state index contributed by atoms with van der Waals surface area (Å²) in [6.07, 6.45) is 7.36. The SMILES string of the molecule is C[C@H]1CCCCN1CC(=O)N1CCN(C(=O)CN2CCCC[C@@H]2C)CC1. The van der Waals surface area contributed by atoms with E-state index in [0.29, 0.717) is 51.4 Å². The molecule has 0 aliphatic carbocycles. The summed E-state index contributed by atoms with van der Waals surface area (Å²) in [4.78, 5) is 33.8. The van der Waals surface area contributed by atoms with Crippen LogP contribution < -0.4 is 0 Å². The fourth-order valence-electron chi connectivity index (χ4n) is 4.54. The van der Waals surface area contributed by atoms with Crippen LogP contribution in [0.4, 0.5) is 0 Å². The van der Waals surface area contributed by atoms with E-state index in [9.17, 15) is 9.59 Å². The van der Waals surface area contributed by atoms with Crippen LogP contribution in [0.25, 0.3) is 0 Å². The molecular weight excluding hydrogens is 328 g/mol. The van der Waals surface area contributed by atoms with Crippen molar-refractivity contribution < 1.29 is 9.59 Å². The van der Waals surface area contributed by atoms with Crippen molar-refractivity contribution in [2.24, 2.45) is 0 Å². The number of piperidine rings is 2. The highest BCUT2D eigenvalue weighted by atomic mass is 16.2. The largest absolute Gasteiger partial charge is 0.338 e. The third-order valence-electron chi connectivity index (χ3n) is 6.54. The van der Waals surface area contributed by atoms with E-state index in [1.807, 2.05) is 9.80 Å². The normalized spacial score (nSPS) is 29.0. The van der Waals surface area contributed by atoms with Crippen molar-refractivity contribution in [1.82, 2.24) is 19.6 Å². The lowest BCUT2D eigenvalue weighted by molar-refractivity contribution is -0.141. The molecule has 6 nitrogen and oxygen atoms in total. The summed E-state index contributed by atoms with van der Waals surface area (Å²) in [7, 11) is 0. The predicted octanol–water partition coefficient (Wildman–Crippen LogP) is 1.41. The number of hydrogen-bond acceptors (Lipinski definition) is 4. The molecule has 6 heteroatoms. The van der Waals surface area contributed by atoms with Crippen molar-refractivity contribution in [3.8, 4) is 0 Å². The van der Waals surface area contributed by atoms with Gasteiger partial charge in [-0.2, -0.15) is 0 Å². The maximum absolute atomic E-state index is 12.6. The Kier molecular flexibility index (Phi) is 6.92. The number of nitrogens with zero attached hydrogens (tertiary/aromatic N) is 4. The standard InChI is InChI=1S/C20H36N4O2/c1-17-7-3-5-9-23(17)15-19(25)21-11-13-22(14-12-21)20(26)16-24-10-6-4-8-18(24)2/h17-18H,3-16H2,1-2H3/t17-,18-/m0/s1. The first-order chi connectivity index (χ1) is 12.5. The van der Waals surface area contributed by atoms with Gasteiger partial charge in [-0.15, -0.1) is 0 Å². The fraction of sp³-hybridized carbons (Fsp3) is 0.900. The van der Waals surface area contributed by atoms with Crippen LogP contribution in [0.3, 0.4) is 0 Å². The molecule has 2 amide bonds. The molecule has 0 aromatic rings. The zero-order chi connectivity index (χ0) is 18.5. The van der Waals surface area contributed by atoms with Gasteiger partial charge in [-0.05, 0) is 52.6 Å². The lowest BCUT2D eigenvalue weighted by Crippen LogP contribution is -2.55. The third-order valence-corrected chi connectivity index (χ3v) is 6.54. The molecule has 0 bridgehead atoms. The predicted molar refractivity (Wildman–Crippen MR) is 103 cm³/mol. The maximum Gasteiger partial charge on any atom is 0.236 e. The van der Waals surface area contributed by atoms with E-state index < -0.39 is 0 Å². The molecule has 0 aromatic carbocycles. The van der Waals surface area contributed by atoms with Gasteiger partial charge in [-0.1, -0.05) is 12.8 Å². The summed E-state index contributed by atoms with van der Waals surface area (Å²) in [6, 6.07) is 1.03. The third kappa shape index (κ3) is 4.97. The summed E-state index contributed by atoms with van der Waals surface area (Å²) in [6.45, 7) is 10.4. The minimum absolute atomic E-state index is 0.232. The Bertz CT molecular complexity index is 446. The molecule has 3 aliphatic rings. The second-order valence-electron chi connectivity index (χ2n) is 8.39. The summed E-state index contributed by atoms with van der Waals surface area (Å²) in [5.41, 5.74) is 0. The van der Waals surface area contributed by atoms with E-state index in [1.165, 1.54) is 38.5 Å². The molecule has 0 radical (unpaired) electrons. The smallest absolute Gasteiger partial charge is 0.236 e. The molecule has 0 spiro atoms. The number of amides is 2. The van der Waals surface area contributed by atoms with Gasteiger partial charge in [-0.25, -0.2) is 0 Å². The van der Waals surface area contributed by atoms with Crippen LogP contribution >= 0.6 is 0 Å². The summed E-state index contributed by atoms with van der Waals surface area (Å²) in [5.74, 6) is 0.464. The highest BCUT2D eigenvalue weighted by Gasteiger charge is 2.29. The summed E-state index contributed by atoms with van der Waals surface area (Å²) < 4.78 is 0. The van der Waals surface area contributed by atoms with Crippen molar-refractivity contribution in [2.75, 3.05) is 52.4 Å². The van der Waals surface area contributed by atoms with Gasteiger partial charge in [0.25, 0.3) is 0 Å². The minimum Gasteiger partial charge on any atom is -0.338 e. The Morgan fingerprint density at radius 2 is 1.04 bits per heavy atom. The molecule has 3 aliphatic heterocycles. The Morgan fingerprint density at radius 1 is 0.654 bits per heavy atom. The van der Waals surface area contributed by atoms with E-state index >= 15 is 0 Å². The van der Waals surface area contributed by atoms with Gasteiger partial charge in [-0.3, -0.25) is 19.4 Å². The number of hydrogen-bond donors (Lipinski definition) is 0. The second kappa shape index (κ2) is 9.18. The summed E-state index contributed by atoms with van der Waals surface area (Å²) in [5, 5.41) is 0. The Hall–Kier alpha value is -1.14. The van der Waals surface area contributed by atoms with E-state index in [1.54, 1.807) is 0 Å². The van der Waals surface area contributed by atoms with E-state index in [4.69, 9.17) is 0 Å².